The van der Waals surface area contributed by atoms with Gasteiger partial charge in [-0.15, -0.1) is 0 Å². The summed E-state index contributed by atoms with van der Waals surface area (Å²) < 4.78 is 52.6. The number of aromatic nitrogens is 1. The second kappa shape index (κ2) is 12.5. The van der Waals surface area contributed by atoms with Crippen molar-refractivity contribution in [2.24, 2.45) is 17.8 Å². The van der Waals surface area contributed by atoms with E-state index in [4.69, 9.17) is 24.4 Å². The van der Waals surface area contributed by atoms with Crippen LogP contribution in [0, 0.1) is 17.8 Å². The maximum absolute atomic E-state index is 14.1. The number of oxazole rings is 1. The van der Waals surface area contributed by atoms with Crippen molar-refractivity contribution in [1.29, 1.82) is 0 Å². The topological polar surface area (TPSA) is 178 Å². The average Bonchev–Trinajstić information content (AvgIpc) is 3.74. The fourth-order valence-corrected chi connectivity index (χ4v) is 8.73. The number of carbonyl (C=O) groups is 1. The molecule has 242 valence electrons. The van der Waals surface area contributed by atoms with E-state index < -0.39 is 34.4 Å². The van der Waals surface area contributed by atoms with E-state index in [-0.39, 0.29) is 60.2 Å². The minimum atomic E-state index is -4.09. The zero-order valence-electron chi connectivity index (χ0n) is 24.8. The number of ether oxygens (including phenoxy) is 3. The second-order valence-corrected chi connectivity index (χ2v) is 14.5. The highest BCUT2D eigenvalue weighted by atomic mass is 32.2. The zero-order valence-corrected chi connectivity index (χ0v) is 25.6. The van der Waals surface area contributed by atoms with Gasteiger partial charge in [0.25, 0.3) is 6.01 Å². The molecule has 0 radical (unpaired) electrons. The van der Waals surface area contributed by atoms with E-state index in [1.54, 1.807) is 6.07 Å². The number of hydrogen-bond acceptors (Lipinski definition) is 11. The molecule has 3 bridgehead atoms. The van der Waals surface area contributed by atoms with E-state index in [9.17, 15) is 18.3 Å². The highest BCUT2D eigenvalue weighted by molar-refractivity contribution is 7.89. The van der Waals surface area contributed by atoms with Crippen molar-refractivity contribution in [2.45, 2.75) is 61.2 Å². The molecule has 1 aliphatic carbocycles. The first kappa shape index (κ1) is 30.4. The van der Waals surface area contributed by atoms with Crippen LogP contribution in [0.1, 0.15) is 24.8 Å². The van der Waals surface area contributed by atoms with Crippen molar-refractivity contribution < 1.29 is 36.9 Å². The van der Waals surface area contributed by atoms with Crippen molar-refractivity contribution in [3.8, 4) is 0 Å². The Hall–Kier alpha value is -3.27. The van der Waals surface area contributed by atoms with Gasteiger partial charge in [0.2, 0.25) is 10.0 Å². The standard InChI is InChI=1S/C31H39N5O8S/c32-30-34-23-7-6-22(13-26(23)43-30)45(39,40)36(15-19-8-9-33-14-19)16-25(37)24(10-18-4-2-1-3-5-18)35-31(38)44-28-21-11-20-12-27(28)42-29(20)41-17-21/h1-7,13,19-21,24-25,27-29,33,37H,8-12,14-17H2,(H2,32,34)(H,35,38)/t19?,20?,21?,24-,25+,27?,28?,29?/m0/s1. The summed E-state index contributed by atoms with van der Waals surface area (Å²) in [6.45, 7) is 1.86. The summed E-state index contributed by atoms with van der Waals surface area (Å²) in [5.41, 5.74) is 7.25. The van der Waals surface area contributed by atoms with Gasteiger partial charge in [0, 0.05) is 31.0 Å². The number of fused-ring (bicyclic) bond motifs is 3. The number of carbonyl (C=O) groups excluding carboxylic acids is 1. The maximum atomic E-state index is 14.1. The van der Waals surface area contributed by atoms with Gasteiger partial charge in [0.05, 0.1) is 29.8 Å². The van der Waals surface area contributed by atoms with Crippen molar-refractivity contribution in [1.82, 2.24) is 19.9 Å². The third-order valence-corrected chi connectivity index (χ3v) is 11.3. The SMILES string of the molecule is Nc1nc2ccc(S(=O)(=O)N(CC3CCNC3)C[C@@H](O)[C@H](Cc3ccccc3)NC(=O)OC3C4COC5OC3CC5C4)cc2o1. The highest BCUT2D eigenvalue weighted by Gasteiger charge is 2.53. The van der Waals surface area contributed by atoms with Gasteiger partial charge in [0.15, 0.2) is 11.9 Å². The molecular weight excluding hydrogens is 602 g/mol. The average molecular weight is 642 g/mol. The Kier molecular flexibility index (Phi) is 8.44. The molecule has 45 heavy (non-hydrogen) atoms. The van der Waals surface area contributed by atoms with Crippen molar-refractivity contribution >= 4 is 33.2 Å². The normalized spacial score (nSPS) is 28.8. The third kappa shape index (κ3) is 6.40. The molecule has 8 atom stereocenters. The molecule has 1 saturated carbocycles. The largest absolute Gasteiger partial charge is 0.443 e. The molecule has 5 N–H and O–H groups in total. The van der Waals surface area contributed by atoms with Crippen molar-refractivity contribution in [2.75, 3.05) is 38.5 Å². The van der Waals surface area contributed by atoms with Gasteiger partial charge in [0.1, 0.15) is 11.6 Å². The van der Waals surface area contributed by atoms with Crippen LogP contribution in [0.5, 0.6) is 0 Å². The first-order valence-electron chi connectivity index (χ1n) is 15.6. The second-order valence-electron chi connectivity index (χ2n) is 12.6. The number of hydrogen-bond donors (Lipinski definition) is 4. The minimum Gasteiger partial charge on any atom is -0.443 e. The Morgan fingerprint density at radius 2 is 2.04 bits per heavy atom. The lowest BCUT2D eigenvalue weighted by Crippen LogP contribution is -2.53. The molecule has 1 aromatic heterocycles. The van der Waals surface area contributed by atoms with Crippen LogP contribution < -0.4 is 16.4 Å². The number of nitrogens with zero attached hydrogens (tertiary/aromatic N) is 2. The van der Waals surface area contributed by atoms with Gasteiger partial charge in [-0.05, 0) is 62.4 Å². The van der Waals surface area contributed by atoms with Gasteiger partial charge in [-0.3, -0.25) is 0 Å². The van der Waals surface area contributed by atoms with Crippen LogP contribution in [0.3, 0.4) is 0 Å². The number of alkyl carbamates (subject to hydrolysis) is 1. The predicted octanol–water partition coefficient (Wildman–Crippen LogP) is 1.86. The smallest absolute Gasteiger partial charge is 0.407 e. The van der Waals surface area contributed by atoms with Gasteiger partial charge >= 0.3 is 6.09 Å². The summed E-state index contributed by atoms with van der Waals surface area (Å²) in [6.07, 6.45) is -0.118. The molecule has 3 aliphatic heterocycles. The number of sulfonamides is 1. The van der Waals surface area contributed by atoms with Crippen molar-refractivity contribution in [3.63, 3.8) is 0 Å². The van der Waals surface area contributed by atoms with E-state index in [1.807, 2.05) is 30.3 Å². The summed E-state index contributed by atoms with van der Waals surface area (Å²) in [5, 5.41) is 17.8. The Bertz CT molecular complexity index is 1610. The molecule has 2 aromatic carbocycles. The van der Waals surface area contributed by atoms with Crippen LogP contribution in [0.2, 0.25) is 0 Å². The molecule has 6 unspecified atom stereocenters. The number of nitrogens with two attached hydrogens (primary N) is 1. The molecular formula is C31H39N5O8S. The number of aliphatic hydroxyl groups is 1. The highest BCUT2D eigenvalue weighted by Crippen LogP contribution is 2.46. The number of anilines is 1. The van der Waals surface area contributed by atoms with Crippen LogP contribution in [-0.4, -0.2) is 92.3 Å². The molecule has 3 aromatic rings. The maximum Gasteiger partial charge on any atom is 0.407 e. The van der Waals surface area contributed by atoms with Crippen molar-refractivity contribution in [3.05, 3.63) is 54.1 Å². The summed E-state index contributed by atoms with van der Waals surface area (Å²) in [5.74, 6) is 0.434. The quantitative estimate of drug-likeness (QED) is 0.240. The number of amides is 1. The number of rotatable bonds is 11. The predicted molar refractivity (Wildman–Crippen MR) is 162 cm³/mol. The number of nitrogen functional groups attached to an aromatic ring is 1. The monoisotopic (exact) mass is 641 g/mol. The summed E-state index contributed by atoms with van der Waals surface area (Å²) in [7, 11) is -4.09. The Labute approximate surface area is 261 Å². The summed E-state index contributed by atoms with van der Waals surface area (Å²) in [6, 6.07) is 12.9. The van der Waals surface area contributed by atoms with Gasteiger partial charge in [-0.25, -0.2) is 13.2 Å². The Morgan fingerprint density at radius 1 is 1.20 bits per heavy atom. The molecule has 14 heteroatoms. The van der Waals surface area contributed by atoms with Crippen LogP contribution in [0.4, 0.5) is 10.8 Å². The van der Waals surface area contributed by atoms with Crippen LogP contribution >= 0.6 is 0 Å². The van der Waals surface area contributed by atoms with E-state index in [0.29, 0.717) is 24.6 Å². The molecule has 4 heterocycles. The number of nitrogens with one attached hydrogen (secondary N) is 2. The first-order chi connectivity index (χ1) is 21.7. The lowest BCUT2D eigenvalue weighted by Gasteiger charge is -2.37. The molecule has 4 fully saturated rings. The van der Waals surface area contributed by atoms with Crippen LogP contribution in [-0.2, 0) is 30.7 Å². The molecule has 3 saturated heterocycles. The minimum absolute atomic E-state index is 0.000498. The van der Waals surface area contributed by atoms with Gasteiger partial charge < -0.3 is 40.1 Å². The van der Waals surface area contributed by atoms with E-state index in [1.165, 1.54) is 16.4 Å². The number of benzene rings is 2. The molecule has 1 amide bonds. The lowest BCUT2D eigenvalue weighted by molar-refractivity contribution is -0.153. The molecule has 13 nitrogen and oxygen atoms in total. The lowest BCUT2D eigenvalue weighted by atomic mass is 9.78. The van der Waals surface area contributed by atoms with E-state index in [0.717, 1.165) is 31.4 Å². The zero-order chi connectivity index (χ0) is 31.1. The van der Waals surface area contributed by atoms with Gasteiger partial charge in [-0.1, -0.05) is 30.3 Å². The molecule has 0 spiro atoms. The fraction of sp³-hybridized carbons (Fsp3) is 0.548. The molecule has 7 rings (SSSR count). The fourth-order valence-electron chi connectivity index (χ4n) is 7.18. The number of aliphatic hydroxyl groups excluding tert-OH is 1. The third-order valence-electron chi connectivity index (χ3n) is 9.48. The van der Waals surface area contributed by atoms with E-state index in [2.05, 4.69) is 15.6 Å². The van der Waals surface area contributed by atoms with Crippen LogP contribution in [0.25, 0.3) is 11.1 Å². The Morgan fingerprint density at radius 3 is 2.84 bits per heavy atom. The Balaban J connectivity index is 1.12. The summed E-state index contributed by atoms with van der Waals surface area (Å²) in [4.78, 5) is 17.4. The van der Waals surface area contributed by atoms with Gasteiger partial charge in [-0.2, -0.15) is 9.29 Å². The first-order valence-corrected chi connectivity index (χ1v) is 17.0. The summed E-state index contributed by atoms with van der Waals surface area (Å²) >= 11 is 0. The molecule has 4 aliphatic rings. The van der Waals surface area contributed by atoms with Crippen LogP contribution in [0.15, 0.2) is 57.8 Å². The van der Waals surface area contributed by atoms with E-state index >= 15 is 0 Å².